The number of aliphatic imine (C=N–C) groups is 1. The van der Waals surface area contributed by atoms with Gasteiger partial charge in [-0.1, -0.05) is 48.5 Å². The number of carbonyl (C=O) groups is 1. The van der Waals surface area contributed by atoms with Crippen LogP contribution in [-0.4, -0.2) is 43.0 Å². The second-order valence-corrected chi connectivity index (χ2v) is 6.48. The largest absolute Gasteiger partial charge is 0.494 e. The summed E-state index contributed by atoms with van der Waals surface area (Å²) in [5.41, 5.74) is 2.13. The van der Waals surface area contributed by atoms with E-state index < -0.39 is 0 Å². The number of likely N-dealkylation sites (N-methyl/N-ethyl adjacent to an activating group) is 1. The molecule has 0 aliphatic rings. The van der Waals surface area contributed by atoms with E-state index in [2.05, 4.69) is 15.6 Å². The lowest BCUT2D eigenvalue weighted by Crippen LogP contribution is -2.44. The molecule has 6 heteroatoms. The molecular formula is C23H32N4O2. The molecule has 0 aliphatic carbocycles. The zero-order chi connectivity index (χ0) is 20.9. The van der Waals surface area contributed by atoms with E-state index in [4.69, 9.17) is 4.74 Å². The number of benzene rings is 2. The summed E-state index contributed by atoms with van der Waals surface area (Å²) in [6.45, 7) is 9.22. The number of amides is 1. The Kier molecular flexibility index (Phi) is 9.55. The molecule has 0 fully saturated rings. The topological polar surface area (TPSA) is 66.0 Å². The Morgan fingerprint density at radius 1 is 1.00 bits per heavy atom. The van der Waals surface area contributed by atoms with Crippen molar-refractivity contribution in [3.8, 4) is 5.75 Å². The van der Waals surface area contributed by atoms with Crippen LogP contribution in [0.3, 0.4) is 0 Å². The van der Waals surface area contributed by atoms with Gasteiger partial charge in [0, 0.05) is 25.2 Å². The molecule has 29 heavy (non-hydrogen) atoms. The fourth-order valence-corrected chi connectivity index (χ4v) is 2.89. The summed E-state index contributed by atoms with van der Waals surface area (Å²) < 4.78 is 5.66. The maximum Gasteiger partial charge on any atom is 0.242 e. The molecule has 6 nitrogen and oxygen atoms in total. The van der Waals surface area contributed by atoms with Gasteiger partial charge < -0.3 is 20.3 Å². The fourth-order valence-electron chi connectivity index (χ4n) is 2.89. The van der Waals surface area contributed by atoms with Gasteiger partial charge in [-0.2, -0.15) is 0 Å². The minimum atomic E-state index is 0.0386. The van der Waals surface area contributed by atoms with Gasteiger partial charge in [0.2, 0.25) is 5.91 Å². The first-order valence-corrected chi connectivity index (χ1v) is 10.2. The van der Waals surface area contributed by atoms with Gasteiger partial charge in [-0.15, -0.1) is 0 Å². The van der Waals surface area contributed by atoms with E-state index in [1.165, 1.54) is 0 Å². The second-order valence-electron chi connectivity index (χ2n) is 6.48. The Bertz CT molecular complexity index is 777. The van der Waals surface area contributed by atoms with E-state index in [0.717, 1.165) is 16.9 Å². The summed E-state index contributed by atoms with van der Waals surface area (Å²) in [6, 6.07) is 17.9. The van der Waals surface area contributed by atoms with E-state index in [9.17, 15) is 4.79 Å². The van der Waals surface area contributed by atoms with Gasteiger partial charge in [-0.05, 0) is 32.4 Å². The third-order valence-corrected chi connectivity index (χ3v) is 4.38. The maximum atomic E-state index is 12.7. The van der Waals surface area contributed by atoms with E-state index >= 15 is 0 Å². The highest BCUT2D eigenvalue weighted by Gasteiger charge is 2.13. The number of nitrogens with one attached hydrogen (secondary N) is 2. The molecule has 0 spiro atoms. The van der Waals surface area contributed by atoms with Gasteiger partial charge in [0.15, 0.2) is 5.96 Å². The zero-order valence-corrected chi connectivity index (χ0v) is 17.6. The molecule has 0 atom stereocenters. The van der Waals surface area contributed by atoms with Crippen LogP contribution in [0, 0.1) is 0 Å². The van der Waals surface area contributed by atoms with E-state index in [1.54, 1.807) is 0 Å². The molecule has 0 aliphatic heterocycles. The fraction of sp³-hybridized carbons (Fsp3) is 0.391. The standard InChI is InChI=1S/C23H32N4O2/c1-4-24-23(25-16-20-14-10-11-15-21(20)29-6-3)26-17-22(28)27(5-2)18-19-12-8-7-9-13-19/h7-15H,4-6,16-18H2,1-3H3,(H2,24,25,26). The first-order chi connectivity index (χ1) is 14.2. The van der Waals surface area contributed by atoms with Crippen molar-refractivity contribution in [2.45, 2.75) is 33.9 Å². The zero-order valence-electron chi connectivity index (χ0n) is 17.6. The highest BCUT2D eigenvalue weighted by molar-refractivity contribution is 5.86. The van der Waals surface area contributed by atoms with Gasteiger partial charge in [-0.3, -0.25) is 4.79 Å². The Hall–Kier alpha value is -3.02. The smallest absolute Gasteiger partial charge is 0.242 e. The molecule has 156 valence electrons. The van der Waals surface area contributed by atoms with E-state index in [-0.39, 0.29) is 12.5 Å². The highest BCUT2D eigenvalue weighted by Crippen LogP contribution is 2.18. The van der Waals surface area contributed by atoms with Crippen molar-refractivity contribution in [3.63, 3.8) is 0 Å². The molecule has 0 aromatic heterocycles. The summed E-state index contributed by atoms with van der Waals surface area (Å²) in [5.74, 6) is 1.49. The van der Waals surface area contributed by atoms with Crippen molar-refractivity contribution in [1.82, 2.24) is 15.5 Å². The minimum absolute atomic E-state index is 0.0386. The predicted molar refractivity (Wildman–Crippen MR) is 118 cm³/mol. The normalized spacial score (nSPS) is 11.1. The summed E-state index contributed by atoms with van der Waals surface area (Å²) in [6.07, 6.45) is 0. The van der Waals surface area contributed by atoms with Crippen LogP contribution >= 0.6 is 0 Å². The van der Waals surface area contributed by atoms with Gasteiger partial charge in [0.25, 0.3) is 0 Å². The van der Waals surface area contributed by atoms with Crippen LogP contribution in [0.1, 0.15) is 31.9 Å². The maximum absolute atomic E-state index is 12.7. The average Bonchev–Trinajstić information content (AvgIpc) is 2.75. The molecule has 2 aromatic carbocycles. The Labute approximate surface area is 174 Å². The summed E-state index contributed by atoms with van der Waals surface area (Å²) >= 11 is 0. The van der Waals surface area contributed by atoms with E-state index in [0.29, 0.717) is 38.7 Å². The van der Waals surface area contributed by atoms with Crippen LogP contribution in [0.25, 0.3) is 0 Å². The van der Waals surface area contributed by atoms with Gasteiger partial charge >= 0.3 is 0 Å². The van der Waals surface area contributed by atoms with Crippen molar-refractivity contribution >= 4 is 11.9 Å². The van der Waals surface area contributed by atoms with Crippen LogP contribution in [0.2, 0.25) is 0 Å². The summed E-state index contributed by atoms with van der Waals surface area (Å²) in [4.78, 5) is 19.1. The lowest BCUT2D eigenvalue weighted by atomic mass is 10.2. The monoisotopic (exact) mass is 396 g/mol. The molecule has 0 radical (unpaired) electrons. The van der Waals surface area contributed by atoms with Crippen molar-refractivity contribution in [2.75, 3.05) is 26.2 Å². The highest BCUT2D eigenvalue weighted by atomic mass is 16.5. The SMILES string of the molecule is CCNC(=NCc1ccccc1OCC)NCC(=O)N(CC)Cc1ccccc1. The lowest BCUT2D eigenvalue weighted by Gasteiger charge is -2.22. The number of carbonyl (C=O) groups excluding carboxylic acids is 1. The number of guanidine groups is 1. The van der Waals surface area contributed by atoms with Gasteiger partial charge in [0.1, 0.15) is 5.75 Å². The van der Waals surface area contributed by atoms with E-state index in [1.807, 2.05) is 80.3 Å². The van der Waals surface area contributed by atoms with Crippen molar-refractivity contribution in [3.05, 3.63) is 65.7 Å². The third-order valence-electron chi connectivity index (χ3n) is 4.38. The predicted octanol–water partition coefficient (Wildman–Crippen LogP) is 3.19. The quantitative estimate of drug-likeness (QED) is 0.478. The van der Waals surface area contributed by atoms with Gasteiger partial charge in [0.05, 0.1) is 19.7 Å². The molecule has 2 aromatic rings. The molecule has 0 unspecified atom stereocenters. The first-order valence-electron chi connectivity index (χ1n) is 10.2. The number of ether oxygens (including phenoxy) is 1. The summed E-state index contributed by atoms with van der Waals surface area (Å²) in [7, 11) is 0. The van der Waals surface area contributed by atoms with Crippen LogP contribution in [0.5, 0.6) is 5.75 Å². The number of nitrogens with zero attached hydrogens (tertiary/aromatic N) is 2. The third kappa shape index (κ3) is 7.49. The number of para-hydroxylation sites is 1. The molecule has 0 saturated heterocycles. The van der Waals surface area contributed by atoms with Crippen LogP contribution in [-0.2, 0) is 17.9 Å². The van der Waals surface area contributed by atoms with Crippen molar-refractivity contribution in [2.24, 2.45) is 4.99 Å². The number of hydrogen-bond donors (Lipinski definition) is 2. The van der Waals surface area contributed by atoms with Crippen LogP contribution < -0.4 is 15.4 Å². The molecule has 0 bridgehead atoms. The molecule has 0 heterocycles. The van der Waals surface area contributed by atoms with Gasteiger partial charge in [-0.25, -0.2) is 4.99 Å². The Morgan fingerprint density at radius 3 is 2.41 bits per heavy atom. The minimum Gasteiger partial charge on any atom is -0.494 e. The average molecular weight is 397 g/mol. The molecule has 2 rings (SSSR count). The molecular weight excluding hydrogens is 364 g/mol. The number of hydrogen-bond acceptors (Lipinski definition) is 3. The summed E-state index contributed by atoms with van der Waals surface area (Å²) in [5, 5.41) is 6.34. The van der Waals surface area contributed by atoms with Crippen molar-refractivity contribution < 1.29 is 9.53 Å². The molecule has 0 saturated carbocycles. The number of rotatable bonds is 10. The second kappa shape index (κ2) is 12.4. The van der Waals surface area contributed by atoms with Crippen molar-refractivity contribution in [1.29, 1.82) is 0 Å². The Balaban J connectivity index is 1.97. The van der Waals surface area contributed by atoms with Crippen LogP contribution in [0.15, 0.2) is 59.6 Å². The lowest BCUT2D eigenvalue weighted by molar-refractivity contribution is -0.130. The molecule has 1 amide bonds. The molecule has 2 N–H and O–H groups in total. The Morgan fingerprint density at radius 2 is 1.72 bits per heavy atom. The van der Waals surface area contributed by atoms with Crippen LogP contribution in [0.4, 0.5) is 0 Å². The first kappa shape index (κ1) is 22.3.